The van der Waals surface area contributed by atoms with Crippen molar-refractivity contribution in [2.75, 3.05) is 5.73 Å². The minimum Gasteiger partial charge on any atom is -0.398 e. The molecule has 0 saturated heterocycles. The van der Waals surface area contributed by atoms with Crippen LogP contribution in [0.25, 0.3) is 0 Å². The summed E-state index contributed by atoms with van der Waals surface area (Å²) in [4.78, 5) is 0. The van der Waals surface area contributed by atoms with Crippen LogP contribution in [0.15, 0.2) is 18.2 Å². The second kappa shape index (κ2) is 5.01. The number of anilines is 1. The van der Waals surface area contributed by atoms with Gasteiger partial charge in [0.25, 0.3) is 0 Å². The van der Waals surface area contributed by atoms with Crippen LogP contribution in [0.1, 0.15) is 43.4 Å². The Kier molecular flexibility index (Phi) is 3.96. The van der Waals surface area contributed by atoms with Crippen LogP contribution in [-0.4, -0.2) is 0 Å². The zero-order chi connectivity index (χ0) is 10.6. The predicted octanol–water partition coefficient (Wildman–Crippen LogP) is 2.77. The molecule has 0 aliphatic heterocycles. The van der Waals surface area contributed by atoms with Crippen LogP contribution in [0, 0.1) is 6.92 Å². The van der Waals surface area contributed by atoms with Gasteiger partial charge in [0.1, 0.15) is 0 Å². The molecule has 2 heteroatoms. The summed E-state index contributed by atoms with van der Waals surface area (Å²) < 4.78 is 0. The van der Waals surface area contributed by atoms with E-state index in [9.17, 15) is 0 Å². The van der Waals surface area contributed by atoms with Gasteiger partial charge in [-0.3, -0.25) is 0 Å². The maximum absolute atomic E-state index is 6.07. The molecule has 0 saturated carbocycles. The summed E-state index contributed by atoms with van der Waals surface area (Å²) >= 11 is 0. The van der Waals surface area contributed by atoms with Gasteiger partial charge >= 0.3 is 0 Å². The van der Waals surface area contributed by atoms with Gasteiger partial charge in [0.2, 0.25) is 0 Å². The van der Waals surface area contributed by atoms with Gasteiger partial charge in [-0.2, -0.15) is 0 Å². The zero-order valence-corrected chi connectivity index (χ0v) is 9.09. The first kappa shape index (κ1) is 11.1. The molecule has 1 rings (SSSR count). The summed E-state index contributed by atoms with van der Waals surface area (Å²) in [5.74, 6) is 0. The molecular formula is C12H20N2. The van der Waals surface area contributed by atoms with Gasteiger partial charge in [-0.05, 0) is 25.0 Å². The second-order valence-corrected chi connectivity index (χ2v) is 3.88. The standard InChI is InChI=1S/C12H20N2/c1-3-4-5-11(13)10-8-9(2)6-7-12(10)14/h6-8,11H,3-5,13-14H2,1-2H3. The van der Waals surface area contributed by atoms with Crippen LogP contribution in [0.5, 0.6) is 0 Å². The van der Waals surface area contributed by atoms with E-state index in [0.717, 1.165) is 24.1 Å². The number of benzene rings is 1. The second-order valence-electron chi connectivity index (χ2n) is 3.88. The van der Waals surface area contributed by atoms with Gasteiger partial charge < -0.3 is 11.5 Å². The lowest BCUT2D eigenvalue weighted by molar-refractivity contribution is 0.604. The molecule has 0 spiro atoms. The molecular weight excluding hydrogens is 172 g/mol. The van der Waals surface area contributed by atoms with Gasteiger partial charge in [0.05, 0.1) is 0 Å². The fraction of sp³-hybridized carbons (Fsp3) is 0.500. The summed E-state index contributed by atoms with van der Waals surface area (Å²) in [6.07, 6.45) is 3.36. The summed E-state index contributed by atoms with van der Waals surface area (Å²) in [7, 11) is 0. The number of hydrogen-bond donors (Lipinski definition) is 2. The Balaban J connectivity index is 2.77. The molecule has 1 unspecified atom stereocenters. The highest BCUT2D eigenvalue weighted by Gasteiger charge is 2.08. The van der Waals surface area contributed by atoms with Crippen molar-refractivity contribution in [2.45, 2.75) is 39.2 Å². The summed E-state index contributed by atoms with van der Waals surface area (Å²) in [5, 5.41) is 0. The first-order valence-electron chi connectivity index (χ1n) is 5.26. The average Bonchev–Trinajstić information content (AvgIpc) is 2.18. The molecule has 0 aromatic heterocycles. The lowest BCUT2D eigenvalue weighted by Crippen LogP contribution is -2.12. The molecule has 0 heterocycles. The van der Waals surface area contributed by atoms with Gasteiger partial charge in [-0.15, -0.1) is 0 Å². The first-order chi connectivity index (χ1) is 6.65. The topological polar surface area (TPSA) is 52.0 Å². The molecule has 0 fully saturated rings. The van der Waals surface area contributed by atoms with Crippen molar-refractivity contribution in [3.63, 3.8) is 0 Å². The first-order valence-corrected chi connectivity index (χ1v) is 5.26. The Labute approximate surface area is 86.3 Å². The Morgan fingerprint density at radius 2 is 2.07 bits per heavy atom. The molecule has 0 bridgehead atoms. The molecule has 1 atom stereocenters. The lowest BCUT2D eigenvalue weighted by Gasteiger charge is -2.14. The van der Waals surface area contributed by atoms with Crippen LogP contribution in [-0.2, 0) is 0 Å². The Morgan fingerprint density at radius 1 is 1.36 bits per heavy atom. The fourth-order valence-electron chi connectivity index (χ4n) is 1.59. The number of nitrogens with two attached hydrogens (primary N) is 2. The zero-order valence-electron chi connectivity index (χ0n) is 9.09. The third kappa shape index (κ3) is 2.74. The van der Waals surface area contributed by atoms with E-state index >= 15 is 0 Å². The van der Waals surface area contributed by atoms with E-state index in [4.69, 9.17) is 11.5 Å². The summed E-state index contributed by atoms with van der Waals surface area (Å²) in [6.45, 7) is 4.24. The smallest absolute Gasteiger partial charge is 0.0362 e. The number of rotatable bonds is 4. The van der Waals surface area contributed by atoms with Crippen molar-refractivity contribution >= 4 is 5.69 Å². The average molecular weight is 192 g/mol. The highest BCUT2D eigenvalue weighted by Crippen LogP contribution is 2.23. The summed E-state index contributed by atoms with van der Waals surface area (Å²) in [6, 6.07) is 6.15. The van der Waals surface area contributed by atoms with Gasteiger partial charge in [-0.25, -0.2) is 0 Å². The van der Waals surface area contributed by atoms with Crippen molar-refractivity contribution in [1.82, 2.24) is 0 Å². The molecule has 0 aliphatic carbocycles. The van der Waals surface area contributed by atoms with Gasteiger partial charge in [-0.1, -0.05) is 37.5 Å². The molecule has 0 aliphatic rings. The van der Waals surface area contributed by atoms with E-state index in [1.54, 1.807) is 0 Å². The van der Waals surface area contributed by atoms with E-state index in [1.807, 2.05) is 12.1 Å². The quantitative estimate of drug-likeness (QED) is 0.721. The van der Waals surface area contributed by atoms with Gasteiger partial charge in [0, 0.05) is 11.7 Å². The van der Waals surface area contributed by atoms with E-state index in [1.165, 1.54) is 12.0 Å². The van der Waals surface area contributed by atoms with Crippen molar-refractivity contribution in [3.05, 3.63) is 29.3 Å². The van der Waals surface area contributed by atoms with Crippen molar-refractivity contribution in [3.8, 4) is 0 Å². The Bertz CT molecular complexity index is 294. The van der Waals surface area contributed by atoms with E-state index in [0.29, 0.717) is 0 Å². The number of aryl methyl sites for hydroxylation is 1. The number of hydrogen-bond acceptors (Lipinski definition) is 2. The predicted molar refractivity (Wildman–Crippen MR) is 62.0 cm³/mol. The Morgan fingerprint density at radius 3 is 2.71 bits per heavy atom. The van der Waals surface area contributed by atoms with Crippen LogP contribution in [0.3, 0.4) is 0 Å². The largest absolute Gasteiger partial charge is 0.398 e. The van der Waals surface area contributed by atoms with Crippen LogP contribution < -0.4 is 11.5 Å². The molecule has 0 radical (unpaired) electrons. The van der Waals surface area contributed by atoms with E-state index in [2.05, 4.69) is 19.9 Å². The minimum absolute atomic E-state index is 0.0925. The molecule has 2 nitrogen and oxygen atoms in total. The molecule has 1 aromatic carbocycles. The number of unbranched alkanes of at least 4 members (excludes halogenated alkanes) is 1. The lowest BCUT2D eigenvalue weighted by atomic mass is 9.99. The van der Waals surface area contributed by atoms with Crippen LogP contribution >= 0.6 is 0 Å². The maximum Gasteiger partial charge on any atom is 0.0362 e. The van der Waals surface area contributed by atoms with Crippen molar-refractivity contribution < 1.29 is 0 Å². The van der Waals surface area contributed by atoms with E-state index < -0.39 is 0 Å². The maximum atomic E-state index is 6.07. The Hall–Kier alpha value is -1.02. The van der Waals surface area contributed by atoms with E-state index in [-0.39, 0.29) is 6.04 Å². The molecule has 4 N–H and O–H groups in total. The van der Waals surface area contributed by atoms with Crippen molar-refractivity contribution in [1.29, 1.82) is 0 Å². The normalized spacial score (nSPS) is 12.8. The molecule has 78 valence electrons. The SMILES string of the molecule is CCCCC(N)c1cc(C)ccc1N. The molecule has 0 amide bonds. The number of nitrogen functional groups attached to an aromatic ring is 1. The fourth-order valence-corrected chi connectivity index (χ4v) is 1.59. The van der Waals surface area contributed by atoms with Crippen molar-refractivity contribution in [2.24, 2.45) is 5.73 Å². The third-order valence-corrected chi connectivity index (χ3v) is 2.51. The monoisotopic (exact) mass is 192 g/mol. The molecule has 14 heavy (non-hydrogen) atoms. The highest BCUT2D eigenvalue weighted by molar-refractivity contribution is 5.49. The third-order valence-electron chi connectivity index (χ3n) is 2.51. The summed E-state index contributed by atoms with van der Waals surface area (Å²) in [5.41, 5.74) is 15.1. The minimum atomic E-state index is 0.0925. The molecule has 1 aromatic rings. The van der Waals surface area contributed by atoms with Crippen LogP contribution in [0.2, 0.25) is 0 Å². The van der Waals surface area contributed by atoms with Gasteiger partial charge in [0.15, 0.2) is 0 Å². The van der Waals surface area contributed by atoms with Crippen LogP contribution in [0.4, 0.5) is 5.69 Å². The highest BCUT2D eigenvalue weighted by atomic mass is 14.7.